The number of amides is 2. The number of carbonyl (C=O) groups excluding carboxylic acids is 2. The Bertz CT molecular complexity index is 862. The standard InChI is InChI=1S/C22H25BrCl2N2O3/c1-3-11-26-22(29)19(4-2)27(13-15-5-7-16(24)8-6-15)21(28)14-30-20-10-9-17(25)12-18(20)23/h5-10,12,19H,3-4,11,13-14H2,1-2H3,(H,26,29)/t19-/m1/s1. The molecule has 0 heterocycles. The predicted octanol–water partition coefficient (Wildman–Crippen LogP) is 5.47. The van der Waals surface area contributed by atoms with Crippen LogP contribution in [0.15, 0.2) is 46.9 Å². The lowest BCUT2D eigenvalue weighted by Gasteiger charge is -2.30. The average molecular weight is 516 g/mol. The summed E-state index contributed by atoms with van der Waals surface area (Å²) in [6.45, 7) is 4.50. The zero-order valence-electron chi connectivity index (χ0n) is 17.0. The number of hydrogen-bond acceptors (Lipinski definition) is 3. The summed E-state index contributed by atoms with van der Waals surface area (Å²) in [6, 6.07) is 11.7. The maximum Gasteiger partial charge on any atom is 0.261 e. The van der Waals surface area contributed by atoms with Crippen LogP contribution in [0.5, 0.6) is 5.75 Å². The molecule has 8 heteroatoms. The van der Waals surface area contributed by atoms with E-state index in [-0.39, 0.29) is 25.0 Å². The maximum absolute atomic E-state index is 13.1. The van der Waals surface area contributed by atoms with Gasteiger partial charge >= 0.3 is 0 Å². The summed E-state index contributed by atoms with van der Waals surface area (Å²) in [7, 11) is 0. The molecule has 2 amide bonds. The van der Waals surface area contributed by atoms with Gasteiger partial charge in [-0.1, -0.05) is 49.2 Å². The first kappa shape index (κ1) is 24.5. The van der Waals surface area contributed by atoms with Crippen molar-refractivity contribution in [2.45, 2.75) is 39.3 Å². The van der Waals surface area contributed by atoms with Crippen molar-refractivity contribution >= 4 is 50.9 Å². The van der Waals surface area contributed by atoms with Gasteiger partial charge in [0.1, 0.15) is 11.8 Å². The van der Waals surface area contributed by atoms with E-state index in [1.54, 1.807) is 35.2 Å². The van der Waals surface area contributed by atoms with Crippen LogP contribution in [0.4, 0.5) is 0 Å². The van der Waals surface area contributed by atoms with E-state index in [0.29, 0.717) is 33.2 Å². The van der Waals surface area contributed by atoms with Gasteiger partial charge < -0.3 is 15.0 Å². The quantitative estimate of drug-likeness (QED) is 0.456. The highest BCUT2D eigenvalue weighted by Crippen LogP contribution is 2.28. The van der Waals surface area contributed by atoms with Gasteiger partial charge in [-0.2, -0.15) is 0 Å². The van der Waals surface area contributed by atoms with E-state index >= 15 is 0 Å². The van der Waals surface area contributed by atoms with E-state index in [2.05, 4.69) is 21.2 Å². The van der Waals surface area contributed by atoms with E-state index < -0.39 is 6.04 Å². The minimum Gasteiger partial charge on any atom is -0.483 e. The SMILES string of the molecule is CCCNC(=O)[C@@H](CC)N(Cc1ccc(Cl)cc1)C(=O)COc1ccc(Cl)cc1Br. The fraction of sp³-hybridized carbons (Fsp3) is 0.364. The molecule has 1 atom stereocenters. The Morgan fingerprint density at radius 3 is 2.37 bits per heavy atom. The molecule has 0 aliphatic heterocycles. The van der Waals surface area contributed by atoms with Crippen LogP contribution >= 0.6 is 39.1 Å². The Morgan fingerprint density at radius 1 is 1.10 bits per heavy atom. The molecule has 0 aliphatic rings. The molecule has 162 valence electrons. The van der Waals surface area contributed by atoms with Crippen LogP contribution in [0, 0.1) is 0 Å². The number of benzene rings is 2. The average Bonchev–Trinajstić information content (AvgIpc) is 2.72. The van der Waals surface area contributed by atoms with Gasteiger partial charge in [0.25, 0.3) is 5.91 Å². The molecule has 0 aliphatic carbocycles. The zero-order valence-corrected chi connectivity index (χ0v) is 20.1. The molecule has 1 N–H and O–H groups in total. The minimum absolute atomic E-state index is 0.172. The first-order valence-corrected chi connectivity index (χ1v) is 11.3. The van der Waals surface area contributed by atoms with Crippen molar-refractivity contribution < 1.29 is 14.3 Å². The molecule has 0 saturated heterocycles. The largest absolute Gasteiger partial charge is 0.483 e. The Labute approximate surface area is 195 Å². The van der Waals surface area contributed by atoms with Crippen LogP contribution in [-0.4, -0.2) is 35.9 Å². The fourth-order valence-corrected chi connectivity index (χ4v) is 3.81. The fourth-order valence-electron chi connectivity index (χ4n) is 2.89. The summed E-state index contributed by atoms with van der Waals surface area (Å²) in [5, 5.41) is 4.06. The number of ether oxygens (including phenoxy) is 1. The summed E-state index contributed by atoms with van der Waals surface area (Å²) in [5.74, 6) is 0.0438. The van der Waals surface area contributed by atoms with Gasteiger partial charge in [-0.05, 0) is 64.7 Å². The highest BCUT2D eigenvalue weighted by Gasteiger charge is 2.28. The van der Waals surface area contributed by atoms with Crippen molar-refractivity contribution in [1.82, 2.24) is 10.2 Å². The molecule has 0 aromatic heterocycles. The Hall–Kier alpha value is -1.76. The van der Waals surface area contributed by atoms with Crippen LogP contribution in [0.25, 0.3) is 0 Å². The summed E-state index contributed by atoms with van der Waals surface area (Å²) in [4.78, 5) is 27.4. The normalized spacial score (nSPS) is 11.6. The van der Waals surface area contributed by atoms with Gasteiger partial charge in [0, 0.05) is 23.1 Å². The predicted molar refractivity (Wildman–Crippen MR) is 124 cm³/mol. The molecule has 0 saturated carbocycles. The number of nitrogens with zero attached hydrogens (tertiary/aromatic N) is 1. The Balaban J connectivity index is 2.20. The molecule has 2 rings (SSSR count). The molecule has 0 unspecified atom stereocenters. The Kier molecular flexibility index (Phi) is 9.95. The van der Waals surface area contributed by atoms with Crippen LogP contribution in [0.1, 0.15) is 32.3 Å². The van der Waals surface area contributed by atoms with Gasteiger partial charge in [-0.3, -0.25) is 9.59 Å². The molecule has 0 bridgehead atoms. The van der Waals surface area contributed by atoms with Crippen LogP contribution < -0.4 is 10.1 Å². The highest BCUT2D eigenvalue weighted by atomic mass is 79.9. The highest BCUT2D eigenvalue weighted by molar-refractivity contribution is 9.10. The molecule has 2 aromatic carbocycles. The molecule has 0 fully saturated rings. The first-order valence-electron chi connectivity index (χ1n) is 9.75. The number of carbonyl (C=O) groups is 2. The Morgan fingerprint density at radius 2 is 1.77 bits per heavy atom. The van der Waals surface area contributed by atoms with E-state index in [0.717, 1.165) is 12.0 Å². The summed E-state index contributed by atoms with van der Waals surface area (Å²) >= 11 is 15.3. The van der Waals surface area contributed by atoms with Crippen molar-refractivity contribution in [3.63, 3.8) is 0 Å². The number of halogens is 3. The second-order valence-corrected chi connectivity index (χ2v) is 8.45. The monoisotopic (exact) mass is 514 g/mol. The molecule has 0 radical (unpaired) electrons. The van der Waals surface area contributed by atoms with Crippen molar-refractivity contribution in [2.24, 2.45) is 0 Å². The zero-order chi connectivity index (χ0) is 22.1. The van der Waals surface area contributed by atoms with Gasteiger partial charge in [0.15, 0.2) is 6.61 Å². The van der Waals surface area contributed by atoms with E-state index in [1.807, 2.05) is 26.0 Å². The van der Waals surface area contributed by atoms with E-state index in [1.165, 1.54) is 0 Å². The first-order chi connectivity index (χ1) is 14.3. The third kappa shape index (κ3) is 7.18. The molecule has 5 nitrogen and oxygen atoms in total. The number of rotatable bonds is 10. The third-order valence-corrected chi connectivity index (χ3v) is 5.55. The van der Waals surface area contributed by atoms with Crippen molar-refractivity contribution in [2.75, 3.05) is 13.2 Å². The molecule has 2 aromatic rings. The number of hydrogen-bond donors (Lipinski definition) is 1. The van der Waals surface area contributed by atoms with Gasteiger partial charge in [-0.15, -0.1) is 0 Å². The maximum atomic E-state index is 13.1. The van der Waals surface area contributed by atoms with Gasteiger partial charge in [0.2, 0.25) is 5.91 Å². The second-order valence-electron chi connectivity index (χ2n) is 6.73. The smallest absolute Gasteiger partial charge is 0.261 e. The summed E-state index contributed by atoms with van der Waals surface area (Å²) in [6.07, 6.45) is 1.31. The minimum atomic E-state index is -0.600. The molecular weight excluding hydrogens is 491 g/mol. The van der Waals surface area contributed by atoms with E-state index in [4.69, 9.17) is 27.9 Å². The summed E-state index contributed by atoms with van der Waals surface area (Å²) < 4.78 is 6.35. The van der Waals surface area contributed by atoms with Crippen molar-refractivity contribution in [3.05, 3.63) is 62.5 Å². The van der Waals surface area contributed by atoms with Crippen molar-refractivity contribution in [3.8, 4) is 5.75 Å². The lowest BCUT2D eigenvalue weighted by Crippen LogP contribution is -2.50. The molecule has 0 spiro atoms. The van der Waals surface area contributed by atoms with Crippen LogP contribution in [0.2, 0.25) is 10.0 Å². The lowest BCUT2D eigenvalue weighted by molar-refractivity contribution is -0.143. The van der Waals surface area contributed by atoms with Crippen LogP contribution in [0.3, 0.4) is 0 Å². The second kappa shape index (κ2) is 12.2. The van der Waals surface area contributed by atoms with Crippen molar-refractivity contribution in [1.29, 1.82) is 0 Å². The number of nitrogens with one attached hydrogen (secondary N) is 1. The topological polar surface area (TPSA) is 58.6 Å². The molecular formula is C22H25BrCl2N2O3. The van der Waals surface area contributed by atoms with E-state index in [9.17, 15) is 9.59 Å². The van der Waals surface area contributed by atoms with Gasteiger partial charge in [0.05, 0.1) is 4.47 Å². The summed E-state index contributed by atoms with van der Waals surface area (Å²) in [5.41, 5.74) is 0.877. The molecule has 30 heavy (non-hydrogen) atoms. The van der Waals surface area contributed by atoms with Crippen LogP contribution in [-0.2, 0) is 16.1 Å². The third-order valence-electron chi connectivity index (χ3n) is 4.45. The lowest BCUT2D eigenvalue weighted by atomic mass is 10.1. The van der Waals surface area contributed by atoms with Gasteiger partial charge in [-0.25, -0.2) is 0 Å².